The summed E-state index contributed by atoms with van der Waals surface area (Å²) in [5.74, 6) is -4.30. The number of aldehydes is 2. The van der Waals surface area contributed by atoms with E-state index in [1.807, 2.05) is 27.7 Å². The molecule has 17 nitrogen and oxygen atoms in total. The van der Waals surface area contributed by atoms with Crippen molar-refractivity contribution in [3.05, 3.63) is 106 Å². The average Bonchev–Trinajstić information content (AvgIpc) is 3.23. The van der Waals surface area contributed by atoms with Crippen molar-refractivity contribution >= 4 is 65.8 Å². The van der Waals surface area contributed by atoms with E-state index in [0.717, 1.165) is 30.8 Å². The molecular formula is C38H48F2N10O7. The van der Waals surface area contributed by atoms with Crippen molar-refractivity contribution in [3.63, 3.8) is 0 Å². The van der Waals surface area contributed by atoms with Crippen LogP contribution in [-0.2, 0) is 11.2 Å². The number of hydrogen-bond acceptors (Lipinski definition) is 15. The van der Waals surface area contributed by atoms with Gasteiger partial charge < -0.3 is 53.3 Å². The summed E-state index contributed by atoms with van der Waals surface area (Å²) in [7, 11) is 3.00. The molecule has 0 aliphatic carbocycles. The summed E-state index contributed by atoms with van der Waals surface area (Å²) in [5, 5.41) is 58.4. The number of hydrogen-bond donors (Lipinski definition) is 10. The zero-order valence-corrected chi connectivity index (χ0v) is 32.2. The number of nitrogens with one attached hydrogen (secondary N) is 6. The van der Waals surface area contributed by atoms with Gasteiger partial charge in [0.15, 0.2) is 24.1 Å². The third kappa shape index (κ3) is 17.5. The Kier molecular flexibility index (Phi) is 26.3. The Hall–Kier alpha value is -7.44. The predicted octanol–water partition coefficient (Wildman–Crippen LogP) is 5.63. The maximum absolute atomic E-state index is 14.1. The molecule has 306 valence electrons. The zero-order chi connectivity index (χ0) is 44.1. The molecule has 0 atom stereocenters. The second-order valence-corrected chi connectivity index (χ2v) is 9.86. The lowest BCUT2D eigenvalue weighted by atomic mass is 10.1. The molecule has 19 heteroatoms. The van der Waals surface area contributed by atoms with E-state index in [1.54, 1.807) is 6.07 Å². The van der Waals surface area contributed by atoms with Gasteiger partial charge in [-0.15, -0.1) is 10.2 Å². The molecule has 0 aliphatic rings. The first-order valence-electron chi connectivity index (χ1n) is 16.8. The number of anilines is 2. The molecule has 0 radical (unpaired) electrons. The van der Waals surface area contributed by atoms with Gasteiger partial charge in [-0.25, -0.2) is 18.4 Å². The standard InChI is InChI=1S/C18H18F2N2O5.C8H8N4O.C8H10N4O.2C2H6/c1-21-14-5-9(12(19)6-10(14)17(23)24)3-4-27-16-8-15(22-2)11(18(25)26)7-13(16)20;9-3-6(4-10)8-2-1-7(5-13)11-12-8;9-3-6(4-10)8(12)2-1-7(11)5-13;2*1-2/h5-8,21-22H,3-4H2,1-2H3,(H,23,24)(H,25,26);1-5,9H,10H2;1-5,9-11H,12H2;2*1-2H3/b;6-4+,9-3?;2-1-,8-6?,9-3?,10-4?,11-7?;;. The summed E-state index contributed by atoms with van der Waals surface area (Å²) < 4.78 is 33.4. The van der Waals surface area contributed by atoms with Gasteiger partial charge in [-0.1, -0.05) is 27.7 Å². The van der Waals surface area contributed by atoms with Crippen LogP contribution < -0.4 is 26.8 Å². The Morgan fingerprint density at radius 1 is 0.842 bits per heavy atom. The van der Waals surface area contributed by atoms with Crippen molar-refractivity contribution in [3.8, 4) is 5.75 Å². The highest BCUT2D eigenvalue weighted by Gasteiger charge is 2.17. The molecule has 1 heterocycles. The summed E-state index contributed by atoms with van der Waals surface area (Å²) in [4.78, 5) is 42.4. The van der Waals surface area contributed by atoms with Crippen molar-refractivity contribution < 1.29 is 42.9 Å². The molecule has 12 N–H and O–H groups in total. The molecule has 57 heavy (non-hydrogen) atoms. The van der Waals surface area contributed by atoms with Crippen LogP contribution >= 0.6 is 0 Å². The third-order valence-electron chi connectivity index (χ3n) is 6.54. The Morgan fingerprint density at radius 3 is 1.81 bits per heavy atom. The SMILES string of the molecule is CC.CC.CNc1cc(CCOc2cc(NC)c(C(=O)O)cc2F)c(F)cc1C(=O)O.N=C/C(=C\N)c1ccc(C=O)nn1.N=CC(C=N)=C(N)/C=C\C(=N)C=O. The van der Waals surface area contributed by atoms with Crippen molar-refractivity contribution in [1.29, 1.82) is 21.6 Å². The van der Waals surface area contributed by atoms with Gasteiger partial charge in [-0.2, -0.15) is 0 Å². The molecule has 0 saturated heterocycles. The molecule has 3 aromatic rings. The van der Waals surface area contributed by atoms with E-state index in [2.05, 4.69) is 20.8 Å². The van der Waals surface area contributed by atoms with E-state index in [0.29, 0.717) is 23.8 Å². The number of nitrogens with zero attached hydrogens (tertiary/aromatic N) is 2. The maximum atomic E-state index is 14.1. The molecule has 2 aromatic carbocycles. The van der Waals surface area contributed by atoms with Gasteiger partial charge in [-0.05, 0) is 48.0 Å². The smallest absolute Gasteiger partial charge is 0.337 e. The van der Waals surface area contributed by atoms with Crippen molar-refractivity contribution in [2.24, 2.45) is 11.5 Å². The van der Waals surface area contributed by atoms with Crippen LogP contribution in [0, 0.1) is 33.3 Å². The molecule has 0 amide bonds. The summed E-state index contributed by atoms with van der Waals surface area (Å²) in [6.45, 7) is 7.90. The number of rotatable bonds is 16. The molecule has 0 bridgehead atoms. The highest BCUT2D eigenvalue weighted by Crippen LogP contribution is 2.27. The number of carbonyl (C=O) groups excluding carboxylic acids is 2. The summed E-state index contributed by atoms with van der Waals surface area (Å²) in [6, 6.07) is 7.41. The number of aromatic carboxylic acids is 2. The topological polar surface area (TPSA) is 315 Å². The molecule has 1 aromatic heterocycles. The Balaban J connectivity index is 0. The van der Waals surface area contributed by atoms with E-state index in [1.165, 1.54) is 50.6 Å². The quantitative estimate of drug-likeness (QED) is 0.0478. The Bertz CT molecular complexity index is 1870. The fourth-order valence-electron chi connectivity index (χ4n) is 3.80. The summed E-state index contributed by atoms with van der Waals surface area (Å²) in [6.07, 6.45) is 7.73. The fraction of sp³-hybridized carbons (Fsp3) is 0.211. The van der Waals surface area contributed by atoms with E-state index in [4.69, 9.17) is 48.1 Å². The van der Waals surface area contributed by atoms with E-state index in [9.17, 15) is 28.0 Å². The van der Waals surface area contributed by atoms with Gasteiger partial charge in [0.2, 0.25) is 0 Å². The first kappa shape index (κ1) is 51.7. The van der Waals surface area contributed by atoms with Crippen LogP contribution in [0.25, 0.3) is 5.57 Å². The summed E-state index contributed by atoms with van der Waals surface area (Å²) in [5.41, 5.74) is 12.2. The fourth-order valence-corrected chi connectivity index (χ4v) is 3.80. The lowest BCUT2D eigenvalue weighted by molar-refractivity contribution is -0.102. The molecular weight excluding hydrogens is 746 g/mol. The number of carboxylic acid groups (broad SMARTS) is 2. The Morgan fingerprint density at radius 2 is 1.39 bits per heavy atom. The molecule has 3 rings (SSSR count). The minimum Gasteiger partial charge on any atom is -0.490 e. The van der Waals surface area contributed by atoms with Gasteiger partial charge in [0.05, 0.1) is 34.8 Å². The number of carboxylic acids is 2. The highest BCUT2D eigenvalue weighted by atomic mass is 19.1. The first-order chi connectivity index (χ1) is 27.2. The zero-order valence-electron chi connectivity index (χ0n) is 32.2. The number of benzene rings is 2. The summed E-state index contributed by atoms with van der Waals surface area (Å²) >= 11 is 0. The van der Waals surface area contributed by atoms with E-state index in [-0.39, 0.29) is 69.5 Å². The molecule has 0 saturated carbocycles. The number of nitrogens with two attached hydrogens (primary N) is 2. The minimum atomic E-state index is -1.29. The van der Waals surface area contributed by atoms with Gasteiger partial charge >= 0.3 is 11.9 Å². The van der Waals surface area contributed by atoms with Crippen LogP contribution in [0.5, 0.6) is 5.75 Å². The van der Waals surface area contributed by atoms with Crippen molar-refractivity contribution in [1.82, 2.24) is 10.2 Å². The number of ether oxygens (including phenoxy) is 1. The van der Waals surface area contributed by atoms with Gasteiger partial charge in [-0.3, -0.25) is 15.0 Å². The lowest BCUT2D eigenvalue weighted by Gasteiger charge is -2.13. The van der Waals surface area contributed by atoms with Gasteiger partial charge in [0.1, 0.15) is 11.5 Å². The van der Waals surface area contributed by atoms with Crippen LogP contribution in [0.3, 0.4) is 0 Å². The largest absolute Gasteiger partial charge is 0.490 e. The van der Waals surface area contributed by atoms with Crippen LogP contribution in [-0.4, -0.2) is 90.0 Å². The second-order valence-electron chi connectivity index (χ2n) is 9.86. The number of aromatic nitrogens is 2. The second kappa shape index (κ2) is 29.0. The van der Waals surface area contributed by atoms with Gasteiger partial charge in [0.25, 0.3) is 0 Å². The third-order valence-corrected chi connectivity index (χ3v) is 6.54. The monoisotopic (exact) mass is 794 g/mol. The molecule has 0 aliphatic heterocycles. The highest BCUT2D eigenvalue weighted by molar-refractivity contribution is 6.32. The van der Waals surface area contributed by atoms with Crippen LogP contribution in [0.1, 0.15) is 70.2 Å². The average molecular weight is 795 g/mol. The lowest BCUT2D eigenvalue weighted by Crippen LogP contribution is -2.09. The molecule has 0 fully saturated rings. The maximum Gasteiger partial charge on any atom is 0.337 e. The van der Waals surface area contributed by atoms with Gasteiger partial charge in [0, 0.05) is 74.0 Å². The number of halogens is 2. The van der Waals surface area contributed by atoms with E-state index >= 15 is 0 Å². The van der Waals surface area contributed by atoms with E-state index < -0.39 is 23.6 Å². The number of allylic oxidation sites excluding steroid dienone is 4. The minimum absolute atomic E-state index is 0.0510. The molecule has 0 unspecified atom stereocenters. The Labute approximate surface area is 328 Å². The van der Waals surface area contributed by atoms with Crippen molar-refractivity contribution in [2.45, 2.75) is 34.1 Å². The van der Waals surface area contributed by atoms with Crippen molar-refractivity contribution in [2.75, 3.05) is 31.3 Å². The van der Waals surface area contributed by atoms with Crippen LogP contribution in [0.15, 0.2) is 66.0 Å². The predicted molar refractivity (Wildman–Crippen MR) is 218 cm³/mol. The number of carbonyl (C=O) groups is 4. The molecule has 0 spiro atoms. The first-order valence-corrected chi connectivity index (χ1v) is 16.8. The van der Waals surface area contributed by atoms with Crippen LogP contribution in [0.2, 0.25) is 0 Å². The normalized spacial score (nSPS) is 9.72. The van der Waals surface area contributed by atoms with Crippen LogP contribution in [0.4, 0.5) is 20.2 Å².